The molecule has 112 valence electrons. The van der Waals surface area contributed by atoms with Crippen molar-refractivity contribution in [3.8, 4) is 0 Å². The van der Waals surface area contributed by atoms with Crippen LogP contribution in [0.3, 0.4) is 0 Å². The van der Waals surface area contributed by atoms with Gasteiger partial charge >= 0.3 is 0 Å². The van der Waals surface area contributed by atoms with Gasteiger partial charge in [-0.15, -0.1) is 10.2 Å². The molecule has 2 heterocycles. The zero-order valence-electron chi connectivity index (χ0n) is 11.6. The normalized spacial score (nSPS) is 14.3. The number of carbonyl (C=O) groups is 2. The van der Waals surface area contributed by atoms with Crippen LogP contribution >= 0.6 is 11.3 Å². The van der Waals surface area contributed by atoms with Crippen LogP contribution in [0.2, 0.25) is 0 Å². The number of hydrogen-bond donors (Lipinski definition) is 2. The summed E-state index contributed by atoms with van der Waals surface area (Å²) in [6, 6.07) is 0.317. The van der Waals surface area contributed by atoms with E-state index in [4.69, 9.17) is 0 Å². The van der Waals surface area contributed by atoms with Crippen LogP contribution in [0.5, 0.6) is 0 Å². The summed E-state index contributed by atoms with van der Waals surface area (Å²) >= 11 is 1.42. The summed E-state index contributed by atoms with van der Waals surface area (Å²) < 4.78 is 1.67. The maximum atomic E-state index is 11.7. The lowest BCUT2D eigenvalue weighted by Gasteiger charge is -2.05. The van der Waals surface area contributed by atoms with Gasteiger partial charge in [-0.3, -0.25) is 9.59 Å². The topological polar surface area (TPSA) is 101 Å². The zero-order valence-corrected chi connectivity index (χ0v) is 12.4. The first-order chi connectivity index (χ1) is 10.1. The van der Waals surface area contributed by atoms with Crippen molar-refractivity contribution in [3.63, 3.8) is 0 Å². The largest absolute Gasteiger partial charge is 0.352 e. The van der Waals surface area contributed by atoms with E-state index in [0.717, 1.165) is 28.6 Å². The molecule has 1 aliphatic rings. The molecule has 8 nitrogen and oxygen atoms in total. The van der Waals surface area contributed by atoms with Gasteiger partial charge in [0.2, 0.25) is 16.8 Å². The molecule has 2 amide bonds. The van der Waals surface area contributed by atoms with E-state index in [-0.39, 0.29) is 18.4 Å². The van der Waals surface area contributed by atoms with Crippen molar-refractivity contribution in [2.24, 2.45) is 0 Å². The van der Waals surface area contributed by atoms with Gasteiger partial charge in [-0.2, -0.15) is 9.61 Å². The number of carbonyl (C=O) groups excluding carboxylic acids is 2. The van der Waals surface area contributed by atoms with Crippen LogP contribution in [-0.2, 0) is 16.0 Å². The minimum atomic E-state index is -0.149. The third-order valence-corrected chi connectivity index (χ3v) is 4.10. The second kappa shape index (κ2) is 5.76. The first-order valence-corrected chi connectivity index (χ1v) is 7.67. The molecule has 2 aromatic rings. The minimum Gasteiger partial charge on any atom is -0.352 e. The molecule has 1 saturated carbocycles. The standard InChI is InChI=1S/C12H16N6O2S/c1-7-15-16-12-18(7)17-11(21-12)5-4-9(19)13-6-10(20)14-8-2-3-8/h8H,2-6H2,1H3,(H,13,19)(H,14,20). The molecule has 9 heteroatoms. The van der Waals surface area contributed by atoms with E-state index in [1.165, 1.54) is 11.3 Å². The third-order valence-electron chi connectivity index (χ3n) is 3.14. The van der Waals surface area contributed by atoms with Crippen molar-refractivity contribution < 1.29 is 9.59 Å². The molecule has 0 aromatic carbocycles. The summed E-state index contributed by atoms with van der Waals surface area (Å²) in [7, 11) is 0. The highest BCUT2D eigenvalue weighted by Gasteiger charge is 2.23. The fraction of sp³-hybridized carbons (Fsp3) is 0.583. The van der Waals surface area contributed by atoms with Gasteiger partial charge in [0, 0.05) is 18.9 Å². The van der Waals surface area contributed by atoms with Gasteiger partial charge in [0.15, 0.2) is 5.82 Å². The zero-order chi connectivity index (χ0) is 14.8. The summed E-state index contributed by atoms with van der Waals surface area (Å²) in [6.07, 6.45) is 2.92. The molecular formula is C12H16N6O2S. The fourth-order valence-corrected chi connectivity index (χ4v) is 2.73. The van der Waals surface area contributed by atoms with Gasteiger partial charge in [-0.1, -0.05) is 11.3 Å². The number of aromatic nitrogens is 4. The van der Waals surface area contributed by atoms with E-state index in [1.54, 1.807) is 4.52 Å². The maximum absolute atomic E-state index is 11.7. The number of aryl methyl sites for hydroxylation is 2. The molecule has 0 bridgehead atoms. The van der Waals surface area contributed by atoms with Crippen LogP contribution in [0.25, 0.3) is 4.96 Å². The Bertz CT molecular complexity index is 674. The number of fused-ring (bicyclic) bond motifs is 1. The molecule has 21 heavy (non-hydrogen) atoms. The number of hydrogen-bond acceptors (Lipinski definition) is 6. The Labute approximate surface area is 124 Å². The second-order valence-corrected chi connectivity index (χ2v) is 6.10. The van der Waals surface area contributed by atoms with Crippen molar-refractivity contribution in [3.05, 3.63) is 10.8 Å². The lowest BCUT2D eigenvalue weighted by molar-refractivity contribution is -0.126. The summed E-state index contributed by atoms with van der Waals surface area (Å²) in [6.45, 7) is 1.87. The lowest BCUT2D eigenvalue weighted by Crippen LogP contribution is -2.37. The number of rotatable bonds is 6. The quantitative estimate of drug-likeness (QED) is 0.771. The van der Waals surface area contributed by atoms with Gasteiger partial charge in [0.1, 0.15) is 5.01 Å². The number of nitrogens with one attached hydrogen (secondary N) is 2. The van der Waals surface area contributed by atoms with Crippen LogP contribution in [-0.4, -0.2) is 44.2 Å². The number of amides is 2. The average Bonchev–Trinajstić information content (AvgIpc) is 3.07. The van der Waals surface area contributed by atoms with Gasteiger partial charge in [0.25, 0.3) is 0 Å². The Morgan fingerprint density at radius 2 is 2.14 bits per heavy atom. The predicted molar refractivity (Wildman–Crippen MR) is 75.9 cm³/mol. The summed E-state index contributed by atoms with van der Waals surface area (Å²) in [5.41, 5.74) is 0. The highest BCUT2D eigenvalue weighted by molar-refractivity contribution is 7.16. The highest BCUT2D eigenvalue weighted by Crippen LogP contribution is 2.18. The maximum Gasteiger partial charge on any atom is 0.239 e. The predicted octanol–water partition coefficient (Wildman–Crippen LogP) is -0.178. The van der Waals surface area contributed by atoms with E-state index < -0.39 is 0 Å². The molecule has 0 radical (unpaired) electrons. The van der Waals surface area contributed by atoms with Crippen LogP contribution in [0.15, 0.2) is 0 Å². The smallest absolute Gasteiger partial charge is 0.239 e. The van der Waals surface area contributed by atoms with Gasteiger partial charge in [-0.05, 0) is 19.8 Å². The van der Waals surface area contributed by atoms with Crippen LogP contribution in [0, 0.1) is 6.92 Å². The summed E-state index contributed by atoms with van der Waals surface area (Å²) in [5.74, 6) is 0.456. The van der Waals surface area contributed by atoms with Gasteiger partial charge in [-0.25, -0.2) is 0 Å². The van der Waals surface area contributed by atoms with E-state index >= 15 is 0 Å². The first kappa shape index (κ1) is 13.9. The van der Waals surface area contributed by atoms with Gasteiger partial charge < -0.3 is 10.6 Å². The van der Waals surface area contributed by atoms with E-state index in [2.05, 4.69) is 25.9 Å². The lowest BCUT2D eigenvalue weighted by atomic mass is 10.3. The molecule has 0 aliphatic heterocycles. The van der Waals surface area contributed by atoms with Crippen LogP contribution in [0.1, 0.15) is 30.1 Å². The van der Waals surface area contributed by atoms with Crippen LogP contribution < -0.4 is 10.6 Å². The first-order valence-electron chi connectivity index (χ1n) is 6.85. The van der Waals surface area contributed by atoms with E-state index in [9.17, 15) is 9.59 Å². The Balaban J connectivity index is 1.43. The number of nitrogens with zero attached hydrogens (tertiary/aromatic N) is 4. The molecule has 2 N–H and O–H groups in total. The fourth-order valence-electron chi connectivity index (χ4n) is 1.85. The molecule has 1 aliphatic carbocycles. The Morgan fingerprint density at radius 3 is 2.86 bits per heavy atom. The van der Waals surface area contributed by atoms with E-state index in [0.29, 0.717) is 18.9 Å². The van der Waals surface area contributed by atoms with Crippen LogP contribution in [0.4, 0.5) is 0 Å². The molecule has 2 aromatic heterocycles. The van der Waals surface area contributed by atoms with Crippen molar-refractivity contribution in [2.45, 2.75) is 38.6 Å². The SMILES string of the molecule is Cc1nnc2sc(CCC(=O)NCC(=O)NC3CC3)nn12. The van der Waals surface area contributed by atoms with Gasteiger partial charge in [0.05, 0.1) is 6.54 Å². The monoisotopic (exact) mass is 308 g/mol. The highest BCUT2D eigenvalue weighted by atomic mass is 32.1. The van der Waals surface area contributed by atoms with Crippen molar-refractivity contribution in [1.82, 2.24) is 30.4 Å². The average molecular weight is 308 g/mol. The van der Waals surface area contributed by atoms with Crippen molar-refractivity contribution in [2.75, 3.05) is 6.54 Å². The molecule has 0 saturated heterocycles. The summed E-state index contributed by atoms with van der Waals surface area (Å²) in [4.78, 5) is 23.9. The van der Waals surface area contributed by atoms with Crippen molar-refractivity contribution >= 4 is 28.1 Å². The Morgan fingerprint density at radius 1 is 1.33 bits per heavy atom. The molecule has 0 unspecified atom stereocenters. The van der Waals surface area contributed by atoms with Crippen molar-refractivity contribution in [1.29, 1.82) is 0 Å². The second-order valence-electron chi connectivity index (χ2n) is 5.06. The molecule has 3 rings (SSSR count). The van der Waals surface area contributed by atoms with E-state index in [1.807, 2.05) is 6.92 Å². The molecule has 1 fully saturated rings. The Hall–Kier alpha value is -2.03. The third kappa shape index (κ3) is 3.54. The Kier molecular flexibility index (Phi) is 3.82. The minimum absolute atomic E-state index is 0.0412. The molecule has 0 atom stereocenters. The summed E-state index contributed by atoms with van der Waals surface area (Å²) in [5, 5.41) is 18.5. The molecular weight excluding hydrogens is 292 g/mol. The molecule has 0 spiro atoms.